The average Bonchev–Trinajstić information content (AvgIpc) is 3.07. The highest BCUT2D eigenvalue weighted by Crippen LogP contribution is 2.18. The first-order valence-electron chi connectivity index (χ1n) is 6.66. The summed E-state index contributed by atoms with van der Waals surface area (Å²) >= 11 is 5.87. The number of para-hydroxylation sites is 1. The zero-order valence-corrected chi connectivity index (χ0v) is 12.4. The highest BCUT2D eigenvalue weighted by atomic mass is 35.5. The van der Waals surface area contributed by atoms with E-state index in [1.54, 1.807) is 6.21 Å². The van der Waals surface area contributed by atoms with E-state index in [-0.39, 0.29) is 0 Å². The second-order valence-electron chi connectivity index (χ2n) is 4.54. The first kappa shape index (κ1) is 14.3. The van der Waals surface area contributed by atoms with Crippen LogP contribution < -0.4 is 4.74 Å². The van der Waals surface area contributed by atoms with Gasteiger partial charge >= 0.3 is 0 Å². The van der Waals surface area contributed by atoms with E-state index in [0.29, 0.717) is 11.6 Å². The second-order valence-corrected chi connectivity index (χ2v) is 4.98. The van der Waals surface area contributed by atoms with Crippen molar-refractivity contribution in [3.63, 3.8) is 0 Å². The Morgan fingerprint density at radius 2 is 1.77 bits per heavy atom. The van der Waals surface area contributed by atoms with Gasteiger partial charge in [0.2, 0.25) is 0 Å². The fourth-order valence-corrected chi connectivity index (χ4v) is 1.97. The summed E-state index contributed by atoms with van der Waals surface area (Å²) in [6, 6.07) is 15.3. The molecule has 0 aliphatic heterocycles. The molecule has 1 aromatic heterocycles. The van der Waals surface area contributed by atoms with Crippen molar-refractivity contribution in [1.82, 2.24) is 14.9 Å². The van der Waals surface area contributed by atoms with E-state index in [2.05, 4.69) is 15.3 Å². The van der Waals surface area contributed by atoms with E-state index in [4.69, 9.17) is 16.3 Å². The lowest BCUT2D eigenvalue weighted by atomic mass is 10.2. The molecule has 2 aromatic carbocycles. The number of hydrogen-bond donors (Lipinski definition) is 0. The fraction of sp³-hybridized carbons (Fsp3) is 0.0625. The summed E-state index contributed by atoms with van der Waals surface area (Å²) in [5, 5.41) is 12.3. The maximum atomic E-state index is 5.87. The first-order valence-corrected chi connectivity index (χ1v) is 7.04. The molecule has 3 rings (SSSR count). The fourth-order valence-electron chi connectivity index (χ4n) is 1.84. The molecule has 0 saturated carbocycles. The van der Waals surface area contributed by atoms with Crippen molar-refractivity contribution in [2.24, 2.45) is 5.10 Å². The SMILES string of the molecule is Clc1ccc(COc2ccccc2C=Nn2cnnc2)cc1. The van der Waals surface area contributed by atoms with Gasteiger partial charge in [0, 0.05) is 10.6 Å². The van der Waals surface area contributed by atoms with Crippen molar-refractivity contribution >= 4 is 17.8 Å². The van der Waals surface area contributed by atoms with Crippen LogP contribution in [0.1, 0.15) is 11.1 Å². The number of aromatic nitrogens is 3. The van der Waals surface area contributed by atoms with Crippen LogP contribution in [0.25, 0.3) is 0 Å². The van der Waals surface area contributed by atoms with Crippen LogP contribution in [0, 0.1) is 0 Å². The highest BCUT2D eigenvalue weighted by Gasteiger charge is 2.01. The molecule has 0 amide bonds. The van der Waals surface area contributed by atoms with Gasteiger partial charge in [-0.05, 0) is 29.8 Å². The smallest absolute Gasteiger partial charge is 0.141 e. The van der Waals surface area contributed by atoms with Gasteiger partial charge in [-0.1, -0.05) is 35.9 Å². The van der Waals surface area contributed by atoms with Gasteiger partial charge in [0.15, 0.2) is 0 Å². The molecule has 110 valence electrons. The lowest BCUT2D eigenvalue weighted by Gasteiger charge is -2.09. The van der Waals surface area contributed by atoms with Crippen LogP contribution in [-0.4, -0.2) is 21.1 Å². The molecule has 1 heterocycles. The largest absolute Gasteiger partial charge is 0.488 e. The molecule has 0 atom stereocenters. The number of hydrogen-bond acceptors (Lipinski definition) is 4. The Balaban J connectivity index is 1.72. The monoisotopic (exact) mass is 312 g/mol. The second kappa shape index (κ2) is 6.87. The van der Waals surface area contributed by atoms with E-state index in [1.807, 2.05) is 48.5 Å². The molecule has 0 bridgehead atoms. The van der Waals surface area contributed by atoms with Crippen LogP contribution in [0.4, 0.5) is 0 Å². The molecule has 0 saturated heterocycles. The summed E-state index contributed by atoms with van der Waals surface area (Å²) in [5.74, 6) is 0.759. The van der Waals surface area contributed by atoms with E-state index < -0.39 is 0 Å². The van der Waals surface area contributed by atoms with E-state index in [9.17, 15) is 0 Å². The van der Waals surface area contributed by atoms with Crippen LogP contribution in [0.15, 0.2) is 66.3 Å². The third kappa shape index (κ3) is 3.71. The van der Waals surface area contributed by atoms with Gasteiger partial charge in [-0.3, -0.25) is 0 Å². The molecule has 0 fully saturated rings. The Bertz CT molecular complexity index is 754. The summed E-state index contributed by atoms with van der Waals surface area (Å²) in [4.78, 5) is 0. The van der Waals surface area contributed by atoms with Crippen molar-refractivity contribution in [2.45, 2.75) is 6.61 Å². The van der Waals surface area contributed by atoms with Crippen molar-refractivity contribution in [3.05, 3.63) is 77.3 Å². The van der Waals surface area contributed by atoms with Crippen molar-refractivity contribution in [2.75, 3.05) is 0 Å². The van der Waals surface area contributed by atoms with Gasteiger partial charge in [-0.2, -0.15) is 5.10 Å². The summed E-state index contributed by atoms with van der Waals surface area (Å²) in [6.45, 7) is 0.467. The molecule has 0 aliphatic rings. The zero-order valence-electron chi connectivity index (χ0n) is 11.6. The molecule has 22 heavy (non-hydrogen) atoms. The van der Waals surface area contributed by atoms with Gasteiger partial charge in [-0.15, -0.1) is 10.2 Å². The number of halogens is 1. The molecule has 0 aliphatic carbocycles. The Hall–Kier alpha value is -2.66. The van der Waals surface area contributed by atoms with Gasteiger partial charge in [0.1, 0.15) is 25.0 Å². The van der Waals surface area contributed by atoms with Crippen LogP contribution in [0.3, 0.4) is 0 Å². The van der Waals surface area contributed by atoms with E-state index >= 15 is 0 Å². The highest BCUT2D eigenvalue weighted by molar-refractivity contribution is 6.30. The first-order chi connectivity index (χ1) is 10.8. The van der Waals surface area contributed by atoms with Gasteiger partial charge < -0.3 is 4.74 Å². The van der Waals surface area contributed by atoms with Crippen molar-refractivity contribution in [3.8, 4) is 5.75 Å². The number of ether oxygens (including phenoxy) is 1. The molecular weight excluding hydrogens is 300 g/mol. The van der Waals surface area contributed by atoms with Crippen LogP contribution in [-0.2, 0) is 6.61 Å². The van der Waals surface area contributed by atoms with Gasteiger partial charge in [0.25, 0.3) is 0 Å². The third-order valence-electron chi connectivity index (χ3n) is 2.96. The Kier molecular flexibility index (Phi) is 4.46. The summed E-state index contributed by atoms with van der Waals surface area (Å²) in [6.07, 6.45) is 4.75. The molecule has 0 unspecified atom stereocenters. The predicted molar refractivity (Wildman–Crippen MR) is 85.2 cm³/mol. The van der Waals surface area contributed by atoms with Crippen LogP contribution >= 0.6 is 11.6 Å². The Morgan fingerprint density at radius 3 is 2.55 bits per heavy atom. The number of nitrogens with zero attached hydrogens (tertiary/aromatic N) is 4. The van der Waals surface area contributed by atoms with Crippen molar-refractivity contribution < 1.29 is 4.74 Å². The molecule has 0 radical (unpaired) electrons. The molecule has 0 spiro atoms. The number of benzene rings is 2. The summed E-state index contributed by atoms with van der Waals surface area (Å²) in [7, 11) is 0. The lowest BCUT2D eigenvalue weighted by Crippen LogP contribution is -1.98. The summed E-state index contributed by atoms with van der Waals surface area (Å²) in [5.41, 5.74) is 1.93. The quantitative estimate of drug-likeness (QED) is 0.679. The molecule has 5 nitrogen and oxygen atoms in total. The summed E-state index contributed by atoms with van der Waals surface area (Å²) < 4.78 is 7.38. The van der Waals surface area contributed by atoms with Crippen LogP contribution in [0.2, 0.25) is 5.02 Å². The Labute approximate surface area is 132 Å². The molecule has 0 N–H and O–H groups in total. The normalized spacial score (nSPS) is 11.0. The van der Waals surface area contributed by atoms with Crippen molar-refractivity contribution in [1.29, 1.82) is 0 Å². The average molecular weight is 313 g/mol. The van der Waals surface area contributed by atoms with E-state index in [1.165, 1.54) is 17.3 Å². The predicted octanol–water partition coefficient (Wildman–Crippen LogP) is 3.39. The minimum atomic E-state index is 0.467. The lowest BCUT2D eigenvalue weighted by molar-refractivity contribution is 0.306. The topological polar surface area (TPSA) is 52.3 Å². The number of rotatable bonds is 5. The maximum Gasteiger partial charge on any atom is 0.141 e. The van der Waals surface area contributed by atoms with Gasteiger partial charge in [0.05, 0.1) is 6.21 Å². The third-order valence-corrected chi connectivity index (χ3v) is 3.22. The van der Waals surface area contributed by atoms with E-state index in [0.717, 1.165) is 16.9 Å². The molecule has 6 heteroatoms. The molecule has 3 aromatic rings. The Morgan fingerprint density at radius 1 is 1.05 bits per heavy atom. The minimum absolute atomic E-state index is 0.467. The minimum Gasteiger partial charge on any atom is -0.488 e. The van der Waals surface area contributed by atoms with Crippen LogP contribution in [0.5, 0.6) is 5.75 Å². The van der Waals surface area contributed by atoms with Gasteiger partial charge in [-0.25, -0.2) is 4.68 Å². The zero-order chi connectivity index (χ0) is 15.2. The molecular formula is C16H13ClN4O. The maximum absolute atomic E-state index is 5.87. The standard InChI is InChI=1S/C16H13ClN4O/c17-15-7-5-13(6-8-15)10-22-16-4-2-1-3-14(16)9-20-21-11-18-19-12-21/h1-9,11-12H,10H2.